The standard InChI is InChI=1S/C16H18ClNO4/c17-12-3-1-2-11(4-12)13(22)18-16-5-14(6-16,7-16)15(8-19,9-20)10-21/h1-4,8,20-21H,5-7,9-10H2,(H,18,22). The van der Waals surface area contributed by atoms with Crippen LogP contribution in [0.5, 0.6) is 0 Å². The summed E-state index contributed by atoms with van der Waals surface area (Å²) in [4.78, 5) is 23.6. The molecule has 0 saturated heterocycles. The third-order valence-corrected chi connectivity index (χ3v) is 5.58. The van der Waals surface area contributed by atoms with Gasteiger partial charge in [0.1, 0.15) is 6.29 Å². The molecule has 3 aliphatic rings. The average Bonchev–Trinajstić information content (AvgIpc) is 2.45. The second-order valence-electron chi connectivity index (χ2n) is 6.65. The van der Waals surface area contributed by atoms with Crippen molar-refractivity contribution in [1.82, 2.24) is 5.32 Å². The fourth-order valence-corrected chi connectivity index (χ4v) is 4.17. The van der Waals surface area contributed by atoms with Gasteiger partial charge in [-0.2, -0.15) is 0 Å². The molecule has 1 amide bonds. The minimum Gasteiger partial charge on any atom is -0.395 e. The second-order valence-corrected chi connectivity index (χ2v) is 7.08. The van der Waals surface area contributed by atoms with Crippen molar-refractivity contribution in [3.63, 3.8) is 0 Å². The second kappa shape index (κ2) is 5.05. The summed E-state index contributed by atoms with van der Waals surface area (Å²) < 4.78 is 0. The highest BCUT2D eigenvalue weighted by molar-refractivity contribution is 6.30. The molecule has 5 nitrogen and oxygen atoms in total. The molecule has 3 N–H and O–H groups in total. The summed E-state index contributed by atoms with van der Waals surface area (Å²) in [5.74, 6) is -0.194. The van der Waals surface area contributed by atoms with Crippen LogP contribution in [0.2, 0.25) is 5.02 Å². The van der Waals surface area contributed by atoms with E-state index in [1.165, 1.54) is 0 Å². The summed E-state index contributed by atoms with van der Waals surface area (Å²) in [6.07, 6.45) is 2.47. The molecule has 0 atom stereocenters. The van der Waals surface area contributed by atoms with Gasteiger partial charge in [0.05, 0.1) is 18.6 Å². The maximum Gasteiger partial charge on any atom is 0.251 e. The number of hydrogen-bond acceptors (Lipinski definition) is 4. The Kier molecular flexibility index (Phi) is 3.55. The fourth-order valence-electron chi connectivity index (χ4n) is 3.98. The highest BCUT2D eigenvalue weighted by Crippen LogP contribution is 2.73. The van der Waals surface area contributed by atoms with Crippen LogP contribution in [0.1, 0.15) is 29.6 Å². The van der Waals surface area contributed by atoms with Crippen LogP contribution in [0, 0.1) is 10.8 Å². The van der Waals surface area contributed by atoms with Crippen molar-refractivity contribution < 1.29 is 19.8 Å². The zero-order valence-electron chi connectivity index (χ0n) is 12.0. The molecule has 2 bridgehead atoms. The largest absolute Gasteiger partial charge is 0.395 e. The fraction of sp³-hybridized carbons (Fsp3) is 0.500. The molecule has 6 heteroatoms. The van der Waals surface area contributed by atoms with Crippen molar-refractivity contribution in [3.8, 4) is 0 Å². The van der Waals surface area contributed by atoms with Crippen LogP contribution < -0.4 is 5.32 Å². The van der Waals surface area contributed by atoms with E-state index in [0.29, 0.717) is 36.1 Å². The first kappa shape index (κ1) is 15.5. The highest BCUT2D eigenvalue weighted by atomic mass is 35.5. The summed E-state index contributed by atoms with van der Waals surface area (Å²) in [6, 6.07) is 6.72. The van der Waals surface area contributed by atoms with E-state index in [-0.39, 0.29) is 30.1 Å². The number of nitrogens with one attached hydrogen (secondary N) is 1. The van der Waals surface area contributed by atoms with E-state index in [2.05, 4.69) is 5.32 Å². The lowest BCUT2D eigenvalue weighted by molar-refractivity contribution is -0.236. The van der Waals surface area contributed by atoms with E-state index in [9.17, 15) is 19.8 Å². The molecule has 1 aromatic rings. The van der Waals surface area contributed by atoms with Crippen LogP contribution in [-0.4, -0.2) is 41.2 Å². The van der Waals surface area contributed by atoms with Gasteiger partial charge in [-0.05, 0) is 42.9 Å². The van der Waals surface area contributed by atoms with Gasteiger partial charge < -0.3 is 20.3 Å². The van der Waals surface area contributed by atoms with Crippen LogP contribution in [0.25, 0.3) is 0 Å². The zero-order valence-corrected chi connectivity index (χ0v) is 12.8. The number of amides is 1. The molecule has 118 valence electrons. The highest BCUT2D eigenvalue weighted by Gasteiger charge is 2.75. The molecule has 3 aliphatic carbocycles. The van der Waals surface area contributed by atoms with Gasteiger partial charge in [0, 0.05) is 16.1 Å². The van der Waals surface area contributed by atoms with Gasteiger partial charge in [0.25, 0.3) is 5.91 Å². The predicted molar refractivity (Wildman–Crippen MR) is 80.6 cm³/mol. The number of aldehydes is 1. The zero-order chi connectivity index (χ0) is 16.0. The van der Waals surface area contributed by atoms with E-state index in [0.717, 1.165) is 0 Å². The summed E-state index contributed by atoms with van der Waals surface area (Å²) in [6.45, 7) is -0.739. The van der Waals surface area contributed by atoms with E-state index >= 15 is 0 Å². The molecule has 0 aromatic heterocycles. The molecule has 0 aliphatic heterocycles. The van der Waals surface area contributed by atoms with E-state index in [1.54, 1.807) is 24.3 Å². The number of carbonyl (C=O) groups is 2. The minimum atomic E-state index is -1.10. The number of benzene rings is 1. The van der Waals surface area contributed by atoms with Crippen LogP contribution >= 0.6 is 11.6 Å². The molecule has 4 rings (SSSR count). The monoisotopic (exact) mass is 323 g/mol. The number of halogens is 1. The van der Waals surface area contributed by atoms with Crippen molar-refractivity contribution in [1.29, 1.82) is 0 Å². The van der Waals surface area contributed by atoms with Crippen molar-refractivity contribution in [2.75, 3.05) is 13.2 Å². The van der Waals surface area contributed by atoms with Crippen LogP contribution in [0.4, 0.5) is 0 Å². The molecule has 22 heavy (non-hydrogen) atoms. The quantitative estimate of drug-likeness (QED) is 0.686. The summed E-state index contributed by atoms with van der Waals surface area (Å²) in [7, 11) is 0. The van der Waals surface area contributed by atoms with E-state index in [1.807, 2.05) is 0 Å². The van der Waals surface area contributed by atoms with Gasteiger partial charge in [-0.15, -0.1) is 0 Å². The Bertz CT molecular complexity index is 607. The van der Waals surface area contributed by atoms with Crippen molar-refractivity contribution >= 4 is 23.8 Å². The minimum absolute atomic E-state index is 0.194. The maximum atomic E-state index is 12.3. The molecular weight excluding hydrogens is 306 g/mol. The first-order valence-corrected chi connectivity index (χ1v) is 7.58. The number of aliphatic hydroxyl groups excluding tert-OH is 2. The Balaban J connectivity index is 1.67. The van der Waals surface area contributed by atoms with Gasteiger partial charge in [-0.25, -0.2) is 0 Å². The molecule has 3 fully saturated rings. The lowest BCUT2D eigenvalue weighted by Crippen LogP contribution is -2.80. The summed E-state index contributed by atoms with van der Waals surface area (Å²) in [5.41, 5.74) is -1.31. The number of carbonyl (C=O) groups excluding carboxylic acids is 2. The molecular formula is C16H18ClNO4. The van der Waals surface area contributed by atoms with Crippen molar-refractivity contribution in [2.45, 2.75) is 24.8 Å². The number of rotatable bonds is 6. The molecule has 0 radical (unpaired) electrons. The van der Waals surface area contributed by atoms with Gasteiger partial charge in [0.2, 0.25) is 0 Å². The Morgan fingerprint density at radius 2 is 1.95 bits per heavy atom. The van der Waals surface area contributed by atoms with Gasteiger partial charge in [-0.3, -0.25) is 4.79 Å². The van der Waals surface area contributed by atoms with Gasteiger partial charge in [0.15, 0.2) is 0 Å². The van der Waals surface area contributed by atoms with E-state index < -0.39 is 5.41 Å². The van der Waals surface area contributed by atoms with Crippen molar-refractivity contribution in [2.24, 2.45) is 10.8 Å². The molecule has 0 heterocycles. The van der Waals surface area contributed by atoms with Crippen molar-refractivity contribution in [3.05, 3.63) is 34.9 Å². The number of hydrogen-bond donors (Lipinski definition) is 3. The normalized spacial score (nSPS) is 29.2. The Labute approximate surface area is 133 Å². The molecule has 0 spiro atoms. The molecule has 1 aromatic carbocycles. The molecule has 3 saturated carbocycles. The van der Waals surface area contributed by atoms with E-state index in [4.69, 9.17) is 11.6 Å². The predicted octanol–water partition coefficient (Wildman–Crippen LogP) is 1.16. The third-order valence-electron chi connectivity index (χ3n) is 5.34. The average molecular weight is 324 g/mol. The Morgan fingerprint density at radius 1 is 1.32 bits per heavy atom. The summed E-state index contributed by atoms with van der Waals surface area (Å²) in [5, 5.41) is 22.5. The Morgan fingerprint density at radius 3 is 2.45 bits per heavy atom. The van der Waals surface area contributed by atoms with Crippen LogP contribution in [0.3, 0.4) is 0 Å². The van der Waals surface area contributed by atoms with Gasteiger partial charge >= 0.3 is 0 Å². The smallest absolute Gasteiger partial charge is 0.251 e. The third kappa shape index (κ3) is 2.00. The first-order chi connectivity index (χ1) is 10.4. The first-order valence-electron chi connectivity index (χ1n) is 7.20. The topological polar surface area (TPSA) is 86.6 Å². The summed E-state index contributed by atoms with van der Waals surface area (Å²) >= 11 is 5.88. The van der Waals surface area contributed by atoms with Crippen LogP contribution in [0.15, 0.2) is 24.3 Å². The van der Waals surface area contributed by atoms with Crippen LogP contribution in [-0.2, 0) is 4.79 Å². The lowest BCUT2D eigenvalue weighted by Gasteiger charge is -2.75. The molecule has 0 unspecified atom stereocenters. The number of aliphatic hydroxyl groups is 2. The Hall–Kier alpha value is -1.43. The lowest BCUT2D eigenvalue weighted by atomic mass is 9.32. The maximum absolute atomic E-state index is 12.3. The van der Waals surface area contributed by atoms with Gasteiger partial charge in [-0.1, -0.05) is 17.7 Å². The SMILES string of the molecule is O=CC(CO)(CO)C12CC(NC(=O)c3cccc(Cl)c3)(C1)C2.